The second kappa shape index (κ2) is 10.5. The van der Waals surface area contributed by atoms with Crippen molar-refractivity contribution in [2.75, 3.05) is 37.9 Å². The highest BCUT2D eigenvalue weighted by atomic mass is 32.2. The maximum atomic E-state index is 11.8. The van der Waals surface area contributed by atoms with E-state index >= 15 is 0 Å². The molecule has 0 aromatic heterocycles. The number of anilines is 1. The smallest absolute Gasteiger partial charge is 0.211 e. The van der Waals surface area contributed by atoms with Crippen molar-refractivity contribution < 1.29 is 13.2 Å². The molecule has 0 saturated carbocycles. The first kappa shape index (κ1) is 24.4. The maximum absolute atomic E-state index is 11.8. The molecule has 1 aliphatic heterocycles. The van der Waals surface area contributed by atoms with Crippen molar-refractivity contribution in [2.45, 2.75) is 20.0 Å². The van der Waals surface area contributed by atoms with Crippen LogP contribution in [0.4, 0.5) is 5.69 Å². The number of nitrogens with one attached hydrogen (secondary N) is 1. The number of nitrogens with two attached hydrogens (primary N) is 2. The van der Waals surface area contributed by atoms with E-state index in [1.54, 1.807) is 6.08 Å². The molecule has 5 N–H and O–H groups in total. The van der Waals surface area contributed by atoms with Gasteiger partial charge in [0, 0.05) is 31.7 Å². The highest BCUT2D eigenvalue weighted by Crippen LogP contribution is 2.32. The Morgan fingerprint density at radius 1 is 1.26 bits per heavy atom. The Balaban J connectivity index is 2.26. The molecule has 1 aromatic rings. The number of hydrazine groups is 1. The van der Waals surface area contributed by atoms with Crippen LogP contribution in [0.5, 0.6) is 5.75 Å². The van der Waals surface area contributed by atoms with Crippen LogP contribution in [0.25, 0.3) is 5.57 Å². The Bertz CT molecular complexity index is 977. The van der Waals surface area contributed by atoms with Gasteiger partial charge in [-0.15, -0.1) is 0 Å². The molecule has 1 aromatic carbocycles. The molecular formula is C21H32N6O3S. The molecule has 0 unspecified atom stereocenters. The lowest BCUT2D eigenvalue weighted by Crippen LogP contribution is -2.47. The predicted octanol–water partition coefficient (Wildman–Crippen LogP) is 1.73. The summed E-state index contributed by atoms with van der Waals surface area (Å²) in [5.41, 5.74) is 10.9. The standard InChI is InChI=1S/C21H32N6O3S/c1-15(2)30-18-6-7-20(25-23)19(13-18)17(4)16(3)12-21(24-14-22)26-8-10-27(11-9-26)31(5,28)29/h6-7,12-15,25H,3-4,8-11,23H2,1-2,5H3,(H2,22,24)/b21-12+. The van der Waals surface area contributed by atoms with E-state index in [-0.39, 0.29) is 6.10 Å². The Morgan fingerprint density at radius 2 is 1.90 bits per heavy atom. The van der Waals surface area contributed by atoms with E-state index < -0.39 is 10.0 Å². The molecule has 0 atom stereocenters. The Labute approximate surface area is 184 Å². The SMILES string of the molecule is C=C(/C=C(\N=C/N)N1CCN(S(C)(=O)=O)CC1)C(=C)c1cc(OC(C)C)ccc1NN. The van der Waals surface area contributed by atoms with Gasteiger partial charge in [-0.1, -0.05) is 13.2 Å². The predicted molar refractivity (Wildman–Crippen MR) is 127 cm³/mol. The van der Waals surface area contributed by atoms with Crippen molar-refractivity contribution >= 4 is 27.6 Å². The van der Waals surface area contributed by atoms with Gasteiger partial charge in [-0.2, -0.15) is 4.31 Å². The molecule has 0 aliphatic carbocycles. The van der Waals surface area contributed by atoms with Crippen molar-refractivity contribution in [3.8, 4) is 5.75 Å². The van der Waals surface area contributed by atoms with Crippen molar-refractivity contribution in [3.63, 3.8) is 0 Å². The third kappa shape index (κ3) is 6.58. The van der Waals surface area contributed by atoms with Crippen LogP contribution in [0, 0.1) is 0 Å². The third-order valence-electron chi connectivity index (χ3n) is 4.77. The number of nitrogen functional groups attached to an aromatic ring is 1. The molecule has 31 heavy (non-hydrogen) atoms. The Kier molecular flexibility index (Phi) is 8.26. The molecule has 9 nitrogen and oxygen atoms in total. The summed E-state index contributed by atoms with van der Waals surface area (Å²) in [5.74, 6) is 6.95. The number of hydrogen-bond acceptors (Lipinski definition) is 7. The first-order valence-electron chi connectivity index (χ1n) is 9.88. The fourth-order valence-corrected chi connectivity index (χ4v) is 4.02. The topological polar surface area (TPSA) is 126 Å². The van der Waals surface area contributed by atoms with Gasteiger partial charge in [-0.25, -0.2) is 13.4 Å². The molecule has 1 aliphatic rings. The lowest BCUT2D eigenvalue weighted by molar-refractivity contribution is 0.228. The van der Waals surface area contributed by atoms with Crippen LogP contribution in [0.2, 0.25) is 0 Å². The second-order valence-electron chi connectivity index (χ2n) is 7.45. The van der Waals surface area contributed by atoms with E-state index in [9.17, 15) is 8.42 Å². The Hall–Kier alpha value is -2.82. The van der Waals surface area contributed by atoms with Gasteiger partial charge in [0.1, 0.15) is 11.6 Å². The summed E-state index contributed by atoms with van der Waals surface area (Å²) in [5, 5.41) is 0. The van der Waals surface area contributed by atoms with E-state index in [1.807, 2.05) is 36.9 Å². The number of aliphatic imine (C=N–C) groups is 1. The number of hydrogen-bond donors (Lipinski definition) is 3. The highest BCUT2D eigenvalue weighted by molar-refractivity contribution is 7.88. The van der Waals surface area contributed by atoms with E-state index in [2.05, 4.69) is 23.6 Å². The summed E-state index contributed by atoms with van der Waals surface area (Å²) < 4.78 is 30.7. The average molecular weight is 449 g/mol. The van der Waals surface area contributed by atoms with E-state index in [0.29, 0.717) is 54.6 Å². The lowest BCUT2D eigenvalue weighted by Gasteiger charge is -2.34. The molecule has 1 heterocycles. The van der Waals surface area contributed by atoms with Gasteiger partial charge in [-0.05, 0) is 49.3 Å². The first-order valence-corrected chi connectivity index (χ1v) is 11.7. The molecule has 170 valence electrons. The van der Waals surface area contributed by atoms with Crippen LogP contribution in [-0.2, 0) is 10.0 Å². The maximum Gasteiger partial charge on any atom is 0.211 e. The van der Waals surface area contributed by atoms with Gasteiger partial charge >= 0.3 is 0 Å². The highest BCUT2D eigenvalue weighted by Gasteiger charge is 2.24. The molecular weight excluding hydrogens is 416 g/mol. The fourth-order valence-electron chi connectivity index (χ4n) is 3.20. The van der Waals surface area contributed by atoms with Gasteiger partial charge in [-0.3, -0.25) is 5.84 Å². The average Bonchev–Trinajstić information content (AvgIpc) is 2.71. The van der Waals surface area contributed by atoms with Crippen molar-refractivity contribution in [1.82, 2.24) is 9.21 Å². The molecule has 0 bridgehead atoms. The number of benzene rings is 1. The third-order valence-corrected chi connectivity index (χ3v) is 6.08. The summed E-state index contributed by atoms with van der Waals surface area (Å²) in [6.07, 6.45) is 4.22. The normalized spacial score (nSPS) is 16.0. The van der Waals surface area contributed by atoms with Crippen LogP contribution in [0.3, 0.4) is 0 Å². The summed E-state index contributed by atoms with van der Waals surface area (Å²) in [6, 6.07) is 5.50. The van der Waals surface area contributed by atoms with Gasteiger partial charge in [0.15, 0.2) is 0 Å². The van der Waals surface area contributed by atoms with Crippen molar-refractivity contribution in [3.05, 3.63) is 54.4 Å². The van der Waals surface area contributed by atoms with Crippen LogP contribution >= 0.6 is 0 Å². The zero-order valence-electron chi connectivity index (χ0n) is 18.3. The van der Waals surface area contributed by atoms with E-state index in [4.69, 9.17) is 16.3 Å². The summed E-state index contributed by atoms with van der Waals surface area (Å²) >= 11 is 0. The molecule has 2 rings (SSSR count). The molecule has 0 spiro atoms. The molecule has 1 saturated heterocycles. The van der Waals surface area contributed by atoms with Crippen LogP contribution in [-0.4, -0.2) is 62.5 Å². The van der Waals surface area contributed by atoms with Gasteiger partial charge in [0.2, 0.25) is 10.0 Å². The molecule has 0 radical (unpaired) electrons. The number of ether oxygens (including phenoxy) is 1. The monoisotopic (exact) mass is 448 g/mol. The lowest BCUT2D eigenvalue weighted by atomic mass is 9.98. The Morgan fingerprint density at radius 3 is 2.42 bits per heavy atom. The van der Waals surface area contributed by atoms with Gasteiger partial charge in [0.25, 0.3) is 0 Å². The quantitative estimate of drug-likeness (QED) is 0.173. The number of rotatable bonds is 9. The number of allylic oxidation sites excluding steroid dienone is 3. The molecule has 1 fully saturated rings. The number of sulfonamides is 1. The summed E-state index contributed by atoms with van der Waals surface area (Å²) in [4.78, 5) is 6.22. The zero-order chi connectivity index (χ0) is 23.2. The van der Waals surface area contributed by atoms with Crippen LogP contribution < -0.4 is 21.7 Å². The minimum atomic E-state index is -3.22. The second-order valence-corrected chi connectivity index (χ2v) is 9.43. The van der Waals surface area contributed by atoms with Crippen molar-refractivity contribution in [1.29, 1.82) is 0 Å². The minimum absolute atomic E-state index is 0.0250. The van der Waals surface area contributed by atoms with E-state index in [0.717, 1.165) is 5.56 Å². The summed E-state index contributed by atoms with van der Waals surface area (Å²) in [6.45, 7) is 13.9. The molecule has 0 amide bonds. The van der Waals surface area contributed by atoms with E-state index in [1.165, 1.54) is 16.9 Å². The van der Waals surface area contributed by atoms with Crippen LogP contribution in [0.1, 0.15) is 19.4 Å². The first-order chi connectivity index (χ1) is 14.6. The number of piperazine rings is 1. The molecule has 10 heteroatoms. The largest absolute Gasteiger partial charge is 0.491 e. The van der Waals surface area contributed by atoms with Crippen molar-refractivity contribution in [2.24, 2.45) is 16.6 Å². The van der Waals surface area contributed by atoms with Crippen LogP contribution in [0.15, 0.2) is 53.8 Å². The van der Waals surface area contributed by atoms with Gasteiger partial charge in [0.05, 0.1) is 24.4 Å². The zero-order valence-corrected chi connectivity index (χ0v) is 19.2. The number of nitrogens with zero attached hydrogens (tertiary/aromatic N) is 3. The minimum Gasteiger partial charge on any atom is -0.491 e. The summed E-state index contributed by atoms with van der Waals surface area (Å²) in [7, 11) is -3.22. The van der Waals surface area contributed by atoms with Gasteiger partial charge < -0.3 is 20.8 Å². The fraction of sp³-hybridized carbons (Fsp3) is 0.381.